The van der Waals surface area contributed by atoms with Gasteiger partial charge in [-0.05, 0) is 49.4 Å². The third kappa shape index (κ3) is 64.5. The lowest BCUT2D eigenvalue weighted by molar-refractivity contribution is -0.161. The van der Waals surface area contributed by atoms with Crippen LogP contribution in [-0.2, 0) is 65.4 Å². The highest BCUT2D eigenvalue weighted by atomic mass is 31.2. The van der Waals surface area contributed by atoms with Crippen molar-refractivity contribution < 1.29 is 80.2 Å². The van der Waals surface area contributed by atoms with Crippen LogP contribution in [0.2, 0.25) is 0 Å². The summed E-state index contributed by atoms with van der Waals surface area (Å²) in [7, 11) is -9.91. The van der Waals surface area contributed by atoms with Crippen LogP contribution in [0.3, 0.4) is 0 Å². The van der Waals surface area contributed by atoms with Crippen molar-refractivity contribution in [3.63, 3.8) is 0 Å². The lowest BCUT2D eigenvalue weighted by Crippen LogP contribution is -2.30. The summed E-state index contributed by atoms with van der Waals surface area (Å²) in [6, 6.07) is 0. The van der Waals surface area contributed by atoms with Crippen LogP contribution in [0.5, 0.6) is 0 Å². The number of carbonyl (C=O) groups is 4. The summed E-state index contributed by atoms with van der Waals surface area (Å²) in [6.07, 6.45) is 47.4. The molecule has 0 aliphatic carbocycles. The Morgan fingerprint density at radius 3 is 0.763 bits per heavy atom. The second-order valence-electron chi connectivity index (χ2n) is 27.9. The van der Waals surface area contributed by atoms with Crippen molar-refractivity contribution in [1.82, 2.24) is 0 Å². The van der Waals surface area contributed by atoms with Crippen LogP contribution in [0.1, 0.15) is 370 Å². The quantitative estimate of drug-likeness (QED) is 0.0222. The summed E-state index contributed by atoms with van der Waals surface area (Å²) < 4.78 is 68.4. The average Bonchev–Trinajstić information content (AvgIpc) is 2.57. The van der Waals surface area contributed by atoms with Gasteiger partial charge in [-0.15, -0.1) is 0 Å². The summed E-state index contributed by atoms with van der Waals surface area (Å²) in [5.74, 6) is 0.920. The Balaban J connectivity index is 5.20. The Kier molecular flexibility index (Phi) is 62.2. The predicted molar refractivity (Wildman–Crippen MR) is 377 cm³/mol. The lowest BCUT2D eigenvalue weighted by atomic mass is 9.99. The van der Waals surface area contributed by atoms with E-state index in [0.717, 1.165) is 120 Å². The standard InChI is InChI=1S/C74H144O17P2/c1-9-65(6)51-43-35-27-24-25-28-38-46-54-71(76)84-60-69(90-73(78)56-48-40-29-23-21-19-17-15-13-12-14-16-18-20-22-26-34-42-50-64(4)5)62-88-92(80,81)86-58-68(75)59-87-93(82,83)89-63-70(91-74(79)57-49-41-33-31-37-45-53-67(8)11-3)61-85-72(77)55-47-39-32-30-36-44-52-66(7)10-2/h64-70,75H,9-63H2,1-8H3,(H,80,81)(H,82,83)/t65?,66?,67?,68-,69-,70-/m1/s1. The maximum Gasteiger partial charge on any atom is 0.472 e. The van der Waals surface area contributed by atoms with Gasteiger partial charge in [-0.3, -0.25) is 37.3 Å². The molecule has 0 heterocycles. The van der Waals surface area contributed by atoms with E-state index in [4.69, 9.17) is 37.0 Å². The van der Waals surface area contributed by atoms with Crippen LogP contribution in [0, 0.1) is 23.7 Å². The molecule has 0 aromatic heterocycles. The van der Waals surface area contributed by atoms with Crippen molar-refractivity contribution in [3.05, 3.63) is 0 Å². The fraction of sp³-hybridized carbons (Fsp3) is 0.946. The van der Waals surface area contributed by atoms with Crippen molar-refractivity contribution in [2.45, 2.75) is 388 Å². The number of unbranched alkanes of at least 4 members (excludes halogenated alkanes) is 34. The third-order valence-corrected chi connectivity index (χ3v) is 20.1. The Bertz CT molecular complexity index is 1840. The minimum Gasteiger partial charge on any atom is -0.462 e. The number of phosphoric ester groups is 2. The number of hydrogen-bond donors (Lipinski definition) is 3. The molecule has 0 saturated heterocycles. The van der Waals surface area contributed by atoms with Crippen molar-refractivity contribution >= 4 is 39.5 Å². The molecule has 93 heavy (non-hydrogen) atoms. The van der Waals surface area contributed by atoms with E-state index in [0.29, 0.717) is 25.7 Å². The zero-order valence-electron chi connectivity index (χ0n) is 60.9. The molecule has 0 aliphatic rings. The molecular weight excluding hydrogens is 1220 g/mol. The van der Waals surface area contributed by atoms with Crippen LogP contribution in [0.15, 0.2) is 0 Å². The lowest BCUT2D eigenvalue weighted by Gasteiger charge is -2.21. The van der Waals surface area contributed by atoms with Gasteiger partial charge in [0.15, 0.2) is 12.2 Å². The van der Waals surface area contributed by atoms with E-state index in [9.17, 15) is 43.2 Å². The largest absolute Gasteiger partial charge is 0.472 e. The maximum atomic E-state index is 13.1. The van der Waals surface area contributed by atoms with E-state index in [-0.39, 0.29) is 25.7 Å². The molecule has 5 unspecified atom stereocenters. The van der Waals surface area contributed by atoms with Crippen molar-refractivity contribution in [2.75, 3.05) is 39.6 Å². The molecule has 0 aromatic rings. The molecule has 0 aliphatic heterocycles. The second kappa shape index (κ2) is 63.5. The van der Waals surface area contributed by atoms with Crippen molar-refractivity contribution in [1.29, 1.82) is 0 Å². The maximum absolute atomic E-state index is 13.1. The van der Waals surface area contributed by atoms with E-state index in [1.165, 1.54) is 167 Å². The smallest absolute Gasteiger partial charge is 0.462 e. The first-order chi connectivity index (χ1) is 44.7. The second-order valence-corrected chi connectivity index (χ2v) is 30.8. The highest BCUT2D eigenvalue weighted by Gasteiger charge is 2.30. The zero-order valence-corrected chi connectivity index (χ0v) is 62.7. The molecule has 8 atom stereocenters. The molecule has 0 saturated carbocycles. The molecule has 3 N–H and O–H groups in total. The summed E-state index contributed by atoms with van der Waals surface area (Å²) >= 11 is 0. The Hall–Kier alpha value is -1.94. The molecule has 0 aromatic carbocycles. The third-order valence-electron chi connectivity index (χ3n) is 18.2. The molecule has 17 nitrogen and oxygen atoms in total. The van der Waals surface area contributed by atoms with Crippen LogP contribution in [0.4, 0.5) is 0 Å². The summed E-state index contributed by atoms with van der Waals surface area (Å²) in [5.41, 5.74) is 0. The summed E-state index contributed by atoms with van der Waals surface area (Å²) in [6.45, 7) is 14.1. The highest BCUT2D eigenvalue weighted by Crippen LogP contribution is 2.45. The van der Waals surface area contributed by atoms with Gasteiger partial charge in [0.05, 0.1) is 26.4 Å². The molecule has 552 valence electrons. The van der Waals surface area contributed by atoms with E-state index >= 15 is 0 Å². The van der Waals surface area contributed by atoms with E-state index in [1.807, 2.05) is 0 Å². The molecule has 0 radical (unpaired) electrons. The first-order valence-electron chi connectivity index (χ1n) is 38.3. The number of aliphatic hydroxyl groups excluding tert-OH is 1. The number of phosphoric acid groups is 2. The molecule has 0 bridgehead atoms. The van der Waals surface area contributed by atoms with Crippen LogP contribution >= 0.6 is 15.6 Å². The fourth-order valence-corrected chi connectivity index (χ4v) is 12.7. The Labute approximate surface area is 568 Å². The van der Waals surface area contributed by atoms with Gasteiger partial charge in [0.25, 0.3) is 0 Å². The Morgan fingerprint density at radius 1 is 0.301 bits per heavy atom. The first-order valence-corrected chi connectivity index (χ1v) is 41.3. The van der Waals surface area contributed by atoms with E-state index < -0.39 is 97.5 Å². The van der Waals surface area contributed by atoms with Gasteiger partial charge in [-0.1, -0.05) is 319 Å². The number of aliphatic hydroxyl groups is 1. The van der Waals surface area contributed by atoms with Gasteiger partial charge in [0, 0.05) is 25.7 Å². The van der Waals surface area contributed by atoms with E-state index in [2.05, 4.69) is 55.4 Å². The van der Waals surface area contributed by atoms with Gasteiger partial charge in [0.1, 0.15) is 19.3 Å². The molecule has 0 spiro atoms. The molecule has 0 amide bonds. The van der Waals surface area contributed by atoms with Gasteiger partial charge in [-0.2, -0.15) is 0 Å². The SMILES string of the molecule is CCC(C)CCCCCCCCCCC(=O)OC[C@H](COP(=O)(O)OC[C@@H](O)COP(=O)(O)OC[C@@H](COC(=O)CCCCCCCCC(C)CC)OC(=O)CCCCCCCCC(C)CC)OC(=O)CCCCCCCCCCCCCCCCCCCCC(C)C. The fourth-order valence-electron chi connectivity index (χ4n) is 11.1. The minimum absolute atomic E-state index is 0.102. The average molecular weight is 1370 g/mol. The minimum atomic E-state index is -4.96. The van der Waals surface area contributed by atoms with Gasteiger partial charge in [0.2, 0.25) is 0 Å². The van der Waals surface area contributed by atoms with Gasteiger partial charge >= 0.3 is 39.5 Å². The number of rotatable bonds is 71. The first kappa shape index (κ1) is 91.1. The monoisotopic (exact) mass is 1370 g/mol. The number of hydrogen-bond acceptors (Lipinski definition) is 15. The molecular formula is C74H144O17P2. The number of esters is 4. The van der Waals surface area contributed by atoms with Crippen LogP contribution in [0.25, 0.3) is 0 Å². The number of carbonyl (C=O) groups excluding carboxylic acids is 4. The molecule has 19 heteroatoms. The van der Waals surface area contributed by atoms with Gasteiger partial charge < -0.3 is 33.8 Å². The van der Waals surface area contributed by atoms with Crippen molar-refractivity contribution in [3.8, 4) is 0 Å². The summed E-state index contributed by atoms with van der Waals surface area (Å²) in [4.78, 5) is 72.6. The van der Waals surface area contributed by atoms with Gasteiger partial charge in [-0.25, -0.2) is 9.13 Å². The molecule has 0 fully saturated rings. The number of ether oxygens (including phenoxy) is 4. The normalized spacial score (nSPS) is 15.1. The Morgan fingerprint density at radius 2 is 0.516 bits per heavy atom. The zero-order chi connectivity index (χ0) is 68.9. The van der Waals surface area contributed by atoms with Crippen LogP contribution < -0.4 is 0 Å². The van der Waals surface area contributed by atoms with Crippen molar-refractivity contribution in [2.24, 2.45) is 23.7 Å². The highest BCUT2D eigenvalue weighted by molar-refractivity contribution is 7.47. The molecule has 0 rings (SSSR count). The summed E-state index contributed by atoms with van der Waals surface area (Å²) in [5, 5.41) is 10.6. The van der Waals surface area contributed by atoms with Crippen LogP contribution in [-0.4, -0.2) is 96.7 Å². The topological polar surface area (TPSA) is 237 Å². The predicted octanol–water partition coefficient (Wildman–Crippen LogP) is 21.3. The van der Waals surface area contributed by atoms with E-state index in [1.54, 1.807) is 0 Å².